The lowest BCUT2D eigenvalue weighted by atomic mass is 9.74. The molecule has 76 heavy (non-hydrogen) atoms. The molecule has 0 bridgehead atoms. The van der Waals surface area contributed by atoms with Gasteiger partial charge in [0, 0.05) is 34.1 Å². The predicted molar refractivity (Wildman–Crippen MR) is 308 cm³/mol. The van der Waals surface area contributed by atoms with Crippen molar-refractivity contribution in [1.29, 1.82) is 0 Å². The monoisotopic (exact) mass is 1080 g/mol. The van der Waals surface area contributed by atoms with Crippen molar-refractivity contribution in [2.75, 3.05) is 6.54 Å². The number of sulfonamides is 2. The van der Waals surface area contributed by atoms with Crippen LogP contribution in [-0.2, 0) is 20.0 Å². The first-order valence-corrected chi connectivity index (χ1v) is 30.4. The third-order valence-corrected chi connectivity index (χ3v) is 22.0. The van der Waals surface area contributed by atoms with Gasteiger partial charge >= 0.3 is 17.1 Å². The van der Waals surface area contributed by atoms with Crippen LogP contribution >= 0.6 is 17.1 Å². The molecule has 10 nitrogen and oxygen atoms in total. The Morgan fingerprint density at radius 1 is 0.447 bits per heavy atom. The van der Waals surface area contributed by atoms with Crippen LogP contribution in [-0.4, -0.2) is 37.6 Å². The molecule has 11 rings (SSSR count). The summed E-state index contributed by atoms with van der Waals surface area (Å²) in [5.74, 6) is 1.84. The van der Waals surface area contributed by atoms with E-state index in [9.17, 15) is 0 Å². The van der Waals surface area contributed by atoms with Crippen LogP contribution in [0.5, 0.6) is 23.0 Å². The highest BCUT2D eigenvalue weighted by Crippen LogP contribution is 2.57. The molecule has 0 spiro atoms. The van der Waals surface area contributed by atoms with Crippen LogP contribution in [0.15, 0.2) is 228 Å². The predicted octanol–water partition coefficient (Wildman–Crippen LogP) is 16.3. The number of aryl methyl sites for hydroxylation is 2. The fraction of sp³-hybridized carbons (Fsp3) is 0.161. The lowest BCUT2D eigenvalue weighted by Gasteiger charge is -2.45. The van der Waals surface area contributed by atoms with Crippen LogP contribution < -0.4 is 18.1 Å². The maximum atomic E-state index is 15.9. The molecule has 0 aromatic heterocycles. The van der Waals surface area contributed by atoms with Crippen LogP contribution in [0.1, 0.15) is 43.7 Å². The fourth-order valence-electron chi connectivity index (χ4n) is 10.1. The molecule has 0 N–H and O–H groups in total. The minimum Gasteiger partial charge on any atom is -0.426 e. The molecule has 0 amide bonds. The molecular weight excluding hydrogens is 1030 g/mol. The zero-order chi connectivity index (χ0) is 52.4. The normalized spacial score (nSPS) is 16.3. The van der Waals surface area contributed by atoms with Gasteiger partial charge in [0.05, 0.1) is 9.79 Å². The number of hydrogen-bond acceptors (Lipinski definition) is 8. The summed E-state index contributed by atoms with van der Waals surface area (Å²) in [6.07, 6.45) is 1.77. The summed E-state index contributed by atoms with van der Waals surface area (Å²) in [7, 11) is -13.9. The zero-order valence-electron chi connectivity index (χ0n) is 42.3. The van der Waals surface area contributed by atoms with Crippen LogP contribution in [0.4, 0.5) is 0 Å². The maximum absolute atomic E-state index is 15.9. The molecule has 0 heterocycles. The number of nitrogens with zero attached hydrogens (tertiary/aromatic N) is 2. The largest absolute Gasteiger partial charge is 0.426 e. The van der Waals surface area contributed by atoms with Crippen molar-refractivity contribution in [3.8, 4) is 23.0 Å². The van der Waals surface area contributed by atoms with Gasteiger partial charge in [-0.3, -0.25) is 0 Å². The van der Waals surface area contributed by atoms with E-state index in [1.165, 1.54) is 8.15 Å². The second-order valence-corrected chi connectivity index (χ2v) is 26.5. The van der Waals surface area contributed by atoms with E-state index in [1.54, 1.807) is 48.5 Å². The highest BCUT2D eigenvalue weighted by Gasteiger charge is 2.50. The molecule has 1 fully saturated rings. The molecule has 2 atom stereocenters. The third kappa shape index (κ3) is 10.6. The smallest absolute Gasteiger partial charge is 0.399 e. The molecule has 1 aliphatic rings. The van der Waals surface area contributed by atoms with E-state index in [4.69, 9.17) is 18.1 Å². The molecule has 2 unspecified atom stereocenters. The average molecular weight is 1080 g/mol. The molecule has 1 aliphatic carbocycles. The van der Waals surface area contributed by atoms with E-state index in [0.717, 1.165) is 54.2 Å². The first-order valence-electron chi connectivity index (χ1n) is 25.3. The van der Waals surface area contributed by atoms with Gasteiger partial charge in [-0.05, 0) is 109 Å². The Balaban J connectivity index is 1.05. The Morgan fingerprint density at radius 3 is 1.18 bits per heavy atom. The molecule has 0 aliphatic heterocycles. The van der Waals surface area contributed by atoms with Gasteiger partial charge in [0.25, 0.3) is 20.0 Å². The number of rotatable bonds is 17. The first kappa shape index (κ1) is 51.2. The van der Waals surface area contributed by atoms with Gasteiger partial charge < -0.3 is 18.1 Å². The molecular formula is C62H56N2O8P2S2. The molecule has 10 aromatic carbocycles. The van der Waals surface area contributed by atoms with Gasteiger partial charge in [-0.15, -0.1) is 8.15 Å². The van der Waals surface area contributed by atoms with Crippen LogP contribution in [0, 0.1) is 19.3 Å². The second-order valence-electron chi connectivity index (χ2n) is 19.7. The molecule has 0 radical (unpaired) electrons. The summed E-state index contributed by atoms with van der Waals surface area (Å²) >= 11 is 0. The fourth-order valence-corrected chi connectivity index (χ4v) is 17.6. The third-order valence-electron chi connectivity index (χ3n) is 14.1. The Morgan fingerprint density at radius 2 is 0.789 bits per heavy atom. The SMILES string of the molecule is Cc1ccc(S(=O)(=O)N(CC2(C)CCCC(N(P(Oc3cccc4ccccc34)Oc3cccc4ccccc34)S(=O)(=O)c3ccc(C)cc3)C2)P(Oc2cccc3ccccc23)Oc2cccc3ccccc23)cc1. The quantitative estimate of drug-likeness (QED) is 0.0829. The van der Waals surface area contributed by atoms with Crippen LogP contribution in [0.2, 0.25) is 0 Å². The van der Waals surface area contributed by atoms with E-state index in [-0.39, 0.29) is 22.8 Å². The van der Waals surface area contributed by atoms with Crippen molar-refractivity contribution in [3.05, 3.63) is 230 Å². The van der Waals surface area contributed by atoms with Crippen molar-refractivity contribution >= 4 is 80.2 Å². The second kappa shape index (κ2) is 21.6. The van der Waals surface area contributed by atoms with Crippen molar-refractivity contribution in [2.24, 2.45) is 5.41 Å². The first-order chi connectivity index (χ1) is 36.8. The van der Waals surface area contributed by atoms with Gasteiger partial charge in [0.15, 0.2) is 0 Å². The minimum atomic E-state index is -4.42. The summed E-state index contributed by atoms with van der Waals surface area (Å²) < 4.78 is 94.4. The number of fused-ring (bicyclic) bond motifs is 4. The van der Waals surface area contributed by atoms with Gasteiger partial charge in [0.2, 0.25) is 0 Å². The molecule has 384 valence electrons. The van der Waals surface area contributed by atoms with Crippen molar-refractivity contribution < 1.29 is 34.9 Å². The Kier molecular flexibility index (Phi) is 14.6. The van der Waals surface area contributed by atoms with Gasteiger partial charge in [-0.25, -0.2) is 16.8 Å². The molecule has 10 aromatic rings. The maximum Gasteiger partial charge on any atom is 0.399 e. The van der Waals surface area contributed by atoms with Crippen LogP contribution in [0.25, 0.3) is 43.1 Å². The zero-order valence-corrected chi connectivity index (χ0v) is 45.7. The summed E-state index contributed by atoms with van der Waals surface area (Å²) in [5, 5.41) is 6.83. The van der Waals surface area contributed by atoms with Crippen molar-refractivity contribution in [2.45, 2.75) is 62.3 Å². The van der Waals surface area contributed by atoms with Gasteiger partial charge in [-0.1, -0.05) is 194 Å². The van der Waals surface area contributed by atoms with E-state index in [2.05, 4.69) is 0 Å². The van der Waals surface area contributed by atoms with E-state index in [1.807, 2.05) is 191 Å². The summed E-state index contributed by atoms with van der Waals surface area (Å²) in [6.45, 7) is 5.78. The lowest BCUT2D eigenvalue weighted by molar-refractivity contribution is 0.143. The number of benzene rings is 10. The Hall–Kier alpha value is -6.88. The Labute approximate surface area is 447 Å². The number of hydrogen-bond donors (Lipinski definition) is 0. The van der Waals surface area contributed by atoms with Crippen LogP contribution in [0.3, 0.4) is 0 Å². The van der Waals surface area contributed by atoms with E-state index < -0.39 is 48.6 Å². The van der Waals surface area contributed by atoms with E-state index in [0.29, 0.717) is 42.3 Å². The molecule has 1 saturated carbocycles. The van der Waals surface area contributed by atoms with Gasteiger partial charge in [0.1, 0.15) is 23.0 Å². The average Bonchev–Trinajstić information content (AvgIpc) is 3.47. The molecule has 14 heteroatoms. The van der Waals surface area contributed by atoms with Crippen molar-refractivity contribution in [1.82, 2.24) is 8.15 Å². The standard InChI is InChI=1S/C62H56N2O8P2S2/c1-45-34-38-52(39-35-45)75(65,66)63(73(69-58-30-12-21-47-17-4-8-26-54(47)58)70-59-31-13-22-48-18-5-9-27-55(48)59)44-62(3)42-16-25-51(43-62)64(76(67,68)53-40-36-46(2)37-41-53)74(71-60-32-14-23-49-19-6-10-28-56(49)60)72-61-33-15-24-50-20-7-11-29-57(50)61/h4-15,17-24,26-41,51H,16,25,42-44H2,1-3H3. The van der Waals surface area contributed by atoms with Gasteiger partial charge in [-0.2, -0.15) is 0 Å². The molecule has 0 saturated heterocycles. The minimum absolute atomic E-state index is 0.0728. The van der Waals surface area contributed by atoms with E-state index >= 15 is 16.8 Å². The highest BCUT2D eigenvalue weighted by atomic mass is 32.2. The highest BCUT2D eigenvalue weighted by molar-refractivity contribution is 7.94. The van der Waals surface area contributed by atoms with Crippen molar-refractivity contribution in [3.63, 3.8) is 0 Å². The summed E-state index contributed by atoms with van der Waals surface area (Å²) in [6, 6.07) is 67.0. The summed E-state index contributed by atoms with van der Waals surface area (Å²) in [4.78, 5) is 0.156. The topological polar surface area (TPSA) is 112 Å². The summed E-state index contributed by atoms with van der Waals surface area (Å²) in [5.41, 5.74) is 0.920. The Bertz CT molecular complexity index is 3780. The lowest BCUT2D eigenvalue weighted by Crippen LogP contribution is -2.47.